The smallest absolute Gasteiger partial charge is 0.193 e. The van der Waals surface area contributed by atoms with Crippen molar-refractivity contribution < 1.29 is 9.90 Å². The lowest BCUT2D eigenvalue weighted by Crippen LogP contribution is -1.82. The summed E-state index contributed by atoms with van der Waals surface area (Å²) < 4.78 is 0. The van der Waals surface area contributed by atoms with Crippen LogP contribution in [0.4, 0.5) is 0 Å². The van der Waals surface area contributed by atoms with E-state index in [9.17, 15) is 9.90 Å². The van der Waals surface area contributed by atoms with Gasteiger partial charge < -0.3 is 5.11 Å². The first-order chi connectivity index (χ1) is 5.75. The van der Waals surface area contributed by atoms with E-state index >= 15 is 0 Å². The van der Waals surface area contributed by atoms with Gasteiger partial charge in [-0.15, -0.1) is 0 Å². The van der Waals surface area contributed by atoms with Gasteiger partial charge in [-0.3, -0.25) is 4.79 Å². The summed E-state index contributed by atoms with van der Waals surface area (Å²) in [6.07, 6.45) is 0.506. The highest BCUT2D eigenvalue weighted by molar-refractivity contribution is 5.74. The molecule has 1 rings (SSSR count). The summed E-state index contributed by atoms with van der Waals surface area (Å²) in [5, 5.41) is 9.30. The van der Waals surface area contributed by atoms with Gasteiger partial charge in [-0.05, 0) is 24.5 Å². The van der Waals surface area contributed by atoms with E-state index in [4.69, 9.17) is 0 Å². The Balaban J connectivity index is 3.21. The highest BCUT2D eigenvalue weighted by Crippen LogP contribution is 2.18. The SMILES string of the molecule is Cc1cccc(O)c1C#CC=O. The Morgan fingerprint density at radius 1 is 1.50 bits per heavy atom. The summed E-state index contributed by atoms with van der Waals surface area (Å²) >= 11 is 0. The van der Waals surface area contributed by atoms with Crippen LogP contribution in [0.15, 0.2) is 18.2 Å². The summed E-state index contributed by atoms with van der Waals surface area (Å²) in [7, 11) is 0. The Hall–Kier alpha value is -1.75. The minimum Gasteiger partial charge on any atom is -0.507 e. The summed E-state index contributed by atoms with van der Waals surface area (Å²) in [6.45, 7) is 1.83. The maximum Gasteiger partial charge on any atom is 0.193 e. The first-order valence-electron chi connectivity index (χ1n) is 3.49. The Labute approximate surface area is 70.8 Å². The molecular weight excluding hydrogens is 152 g/mol. The molecule has 0 saturated carbocycles. The van der Waals surface area contributed by atoms with Crippen LogP contribution in [-0.2, 0) is 4.79 Å². The molecule has 2 heteroatoms. The Morgan fingerprint density at radius 2 is 2.25 bits per heavy atom. The highest BCUT2D eigenvalue weighted by atomic mass is 16.3. The number of aldehydes is 1. The Kier molecular flexibility index (Phi) is 2.49. The average molecular weight is 160 g/mol. The summed E-state index contributed by atoms with van der Waals surface area (Å²) in [5.41, 5.74) is 1.38. The van der Waals surface area contributed by atoms with Gasteiger partial charge in [-0.25, -0.2) is 0 Å². The lowest BCUT2D eigenvalue weighted by molar-refractivity contribution is -0.103. The van der Waals surface area contributed by atoms with E-state index in [1.165, 1.54) is 0 Å². The maximum absolute atomic E-state index is 9.95. The minimum atomic E-state index is 0.115. The molecule has 0 spiro atoms. The lowest BCUT2D eigenvalue weighted by Gasteiger charge is -1.98. The molecule has 2 nitrogen and oxygen atoms in total. The molecule has 1 N–H and O–H groups in total. The Bertz CT molecular complexity index is 336. The van der Waals surface area contributed by atoms with Crippen molar-refractivity contribution in [1.82, 2.24) is 0 Å². The first kappa shape index (κ1) is 8.35. The molecule has 1 aromatic rings. The van der Waals surface area contributed by atoms with E-state index in [0.717, 1.165) is 5.56 Å². The van der Waals surface area contributed by atoms with Gasteiger partial charge in [0.05, 0.1) is 5.56 Å². The zero-order valence-corrected chi connectivity index (χ0v) is 6.66. The maximum atomic E-state index is 9.95. The van der Waals surface area contributed by atoms with Crippen LogP contribution in [0.5, 0.6) is 5.75 Å². The lowest BCUT2D eigenvalue weighted by atomic mass is 10.1. The van der Waals surface area contributed by atoms with Crippen LogP contribution in [-0.4, -0.2) is 11.4 Å². The van der Waals surface area contributed by atoms with Crippen molar-refractivity contribution >= 4 is 6.29 Å². The minimum absolute atomic E-state index is 0.115. The summed E-state index contributed by atoms with van der Waals surface area (Å²) in [4.78, 5) is 9.95. The third kappa shape index (κ3) is 1.64. The number of aromatic hydroxyl groups is 1. The van der Waals surface area contributed by atoms with Crippen LogP contribution in [0.3, 0.4) is 0 Å². The normalized spacial score (nSPS) is 8.42. The van der Waals surface area contributed by atoms with E-state index < -0.39 is 0 Å². The molecule has 1 aromatic carbocycles. The second-order valence-corrected chi connectivity index (χ2v) is 2.36. The third-order valence-corrected chi connectivity index (χ3v) is 1.51. The number of carbonyl (C=O) groups excluding carboxylic acids is 1. The summed E-state index contributed by atoms with van der Waals surface area (Å²) in [6, 6.07) is 5.10. The molecule has 0 bridgehead atoms. The van der Waals surface area contributed by atoms with Gasteiger partial charge >= 0.3 is 0 Å². The van der Waals surface area contributed by atoms with Gasteiger partial charge in [-0.2, -0.15) is 0 Å². The zero-order valence-electron chi connectivity index (χ0n) is 6.66. The molecule has 0 heterocycles. The number of phenols is 1. The van der Waals surface area contributed by atoms with Crippen LogP contribution in [0.1, 0.15) is 11.1 Å². The van der Waals surface area contributed by atoms with E-state index in [-0.39, 0.29) is 5.75 Å². The topological polar surface area (TPSA) is 37.3 Å². The molecule has 12 heavy (non-hydrogen) atoms. The van der Waals surface area contributed by atoms with Crippen molar-refractivity contribution in [1.29, 1.82) is 0 Å². The molecule has 0 amide bonds. The number of aryl methyl sites for hydroxylation is 1. The fourth-order valence-electron chi connectivity index (χ4n) is 0.917. The number of benzene rings is 1. The predicted octanol–water partition coefficient (Wildman–Crippen LogP) is 1.25. The van der Waals surface area contributed by atoms with Crippen molar-refractivity contribution in [3.8, 4) is 17.6 Å². The average Bonchev–Trinajstić information content (AvgIpc) is 2.04. The van der Waals surface area contributed by atoms with Crippen LogP contribution in [0, 0.1) is 18.8 Å². The molecule has 0 aromatic heterocycles. The zero-order chi connectivity index (χ0) is 8.97. The highest BCUT2D eigenvalue weighted by Gasteiger charge is 1.98. The monoisotopic (exact) mass is 160 g/mol. The van der Waals surface area contributed by atoms with Crippen molar-refractivity contribution in [3.05, 3.63) is 29.3 Å². The molecule has 0 atom stereocenters. The number of hydrogen-bond donors (Lipinski definition) is 1. The van der Waals surface area contributed by atoms with Gasteiger partial charge in [0.1, 0.15) is 5.75 Å². The largest absolute Gasteiger partial charge is 0.507 e. The van der Waals surface area contributed by atoms with E-state index in [0.29, 0.717) is 11.8 Å². The van der Waals surface area contributed by atoms with E-state index in [2.05, 4.69) is 11.8 Å². The quantitative estimate of drug-likeness (QED) is 0.458. The van der Waals surface area contributed by atoms with Crippen molar-refractivity contribution in [2.75, 3.05) is 0 Å². The molecule has 0 aliphatic carbocycles. The van der Waals surface area contributed by atoms with Gasteiger partial charge in [0, 0.05) is 0 Å². The van der Waals surface area contributed by atoms with Crippen LogP contribution >= 0.6 is 0 Å². The second-order valence-electron chi connectivity index (χ2n) is 2.36. The fourth-order valence-corrected chi connectivity index (χ4v) is 0.917. The molecular formula is C10H8O2. The third-order valence-electron chi connectivity index (χ3n) is 1.51. The second kappa shape index (κ2) is 3.59. The standard InChI is InChI=1S/C10H8O2/c1-8-4-2-6-10(12)9(8)5-3-7-11/h2,4,6-7,12H,1H3. The van der Waals surface area contributed by atoms with Crippen molar-refractivity contribution in [3.63, 3.8) is 0 Å². The number of carbonyl (C=O) groups is 1. The van der Waals surface area contributed by atoms with Gasteiger partial charge in [0.15, 0.2) is 6.29 Å². The van der Waals surface area contributed by atoms with Crippen LogP contribution in [0.25, 0.3) is 0 Å². The van der Waals surface area contributed by atoms with Gasteiger partial charge in [-0.1, -0.05) is 18.1 Å². The molecule has 0 aliphatic heterocycles. The number of rotatable bonds is 0. The summed E-state index contributed by atoms with van der Waals surface area (Å²) in [5.74, 6) is 4.93. The van der Waals surface area contributed by atoms with Gasteiger partial charge in [0.2, 0.25) is 0 Å². The molecule has 60 valence electrons. The number of phenolic OH excluding ortho intramolecular Hbond substituents is 1. The fraction of sp³-hybridized carbons (Fsp3) is 0.100. The molecule has 0 saturated heterocycles. The van der Waals surface area contributed by atoms with Crippen LogP contribution < -0.4 is 0 Å². The molecule has 0 aliphatic rings. The van der Waals surface area contributed by atoms with Crippen molar-refractivity contribution in [2.24, 2.45) is 0 Å². The molecule has 0 fully saturated rings. The van der Waals surface area contributed by atoms with E-state index in [1.54, 1.807) is 12.1 Å². The molecule has 0 unspecified atom stereocenters. The van der Waals surface area contributed by atoms with E-state index in [1.807, 2.05) is 13.0 Å². The van der Waals surface area contributed by atoms with Crippen molar-refractivity contribution in [2.45, 2.75) is 6.92 Å². The predicted molar refractivity (Wildman–Crippen MR) is 45.8 cm³/mol. The first-order valence-corrected chi connectivity index (χ1v) is 3.49. The Morgan fingerprint density at radius 3 is 2.83 bits per heavy atom. The number of hydrogen-bond acceptors (Lipinski definition) is 2. The molecule has 0 radical (unpaired) electrons. The van der Waals surface area contributed by atoms with Crippen LogP contribution in [0.2, 0.25) is 0 Å². The van der Waals surface area contributed by atoms with Gasteiger partial charge in [0.25, 0.3) is 0 Å².